The van der Waals surface area contributed by atoms with Crippen LogP contribution in [0.25, 0.3) is 0 Å². The third-order valence-corrected chi connectivity index (χ3v) is 10.9. The van der Waals surface area contributed by atoms with Crippen LogP contribution in [0.5, 0.6) is 0 Å². The molecule has 0 aromatic rings. The molecule has 0 amide bonds. The zero-order chi connectivity index (χ0) is 20.1. The van der Waals surface area contributed by atoms with Crippen LogP contribution in [0, 0.1) is 52.3 Å². The average Bonchev–Trinajstić information content (AvgIpc) is 3.04. The summed E-state index contributed by atoms with van der Waals surface area (Å²) in [5.41, 5.74) is 0.887. The van der Waals surface area contributed by atoms with Gasteiger partial charge < -0.3 is 10.2 Å². The van der Waals surface area contributed by atoms with Gasteiger partial charge in [-0.25, -0.2) is 0 Å². The Hall–Kier alpha value is -0.0800. The lowest BCUT2D eigenvalue weighted by atomic mass is 9.41. The molecule has 10 atom stereocenters. The molecule has 0 aromatic heterocycles. The van der Waals surface area contributed by atoms with Crippen LogP contribution in [0.3, 0.4) is 0 Å². The summed E-state index contributed by atoms with van der Waals surface area (Å²) in [7, 11) is 0. The topological polar surface area (TPSA) is 40.5 Å². The van der Waals surface area contributed by atoms with Crippen molar-refractivity contribution in [3.05, 3.63) is 0 Å². The highest BCUT2D eigenvalue weighted by Crippen LogP contribution is 2.69. The van der Waals surface area contributed by atoms with E-state index in [1.165, 1.54) is 51.4 Å². The highest BCUT2D eigenvalue weighted by molar-refractivity contribution is 5.13. The summed E-state index contributed by atoms with van der Waals surface area (Å²) >= 11 is 0. The molecule has 0 bridgehead atoms. The van der Waals surface area contributed by atoms with E-state index in [9.17, 15) is 10.2 Å². The Labute approximate surface area is 173 Å². The minimum atomic E-state index is -0.0673. The molecular formula is C26H46O2. The lowest BCUT2D eigenvalue weighted by Gasteiger charge is -2.64. The van der Waals surface area contributed by atoms with Crippen LogP contribution in [0.4, 0.5) is 0 Å². The van der Waals surface area contributed by atoms with E-state index < -0.39 is 0 Å². The third-order valence-electron chi connectivity index (χ3n) is 10.9. The Balaban J connectivity index is 1.63. The van der Waals surface area contributed by atoms with Crippen molar-refractivity contribution >= 4 is 0 Å². The molecule has 3 unspecified atom stereocenters. The zero-order valence-corrected chi connectivity index (χ0v) is 19.0. The quantitative estimate of drug-likeness (QED) is 0.600. The SMILES string of the molecule is CC[C@@H]1[C@H](O)C2C3CC[C@H]([C@H](C)CCCO)[C@@]3(C)CCC2[C@@]2(C)CCCC[C@@H]12. The average molecular weight is 391 g/mol. The highest BCUT2D eigenvalue weighted by atomic mass is 16.3. The van der Waals surface area contributed by atoms with E-state index in [4.69, 9.17) is 0 Å². The summed E-state index contributed by atoms with van der Waals surface area (Å²) in [4.78, 5) is 0. The van der Waals surface area contributed by atoms with E-state index in [1.807, 2.05) is 0 Å². The first kappa shape index (κ1) is 21.2. The Morgan fingerprint density at radius 3 is 2.39 bits per heavy atom. The second-order valence-corrected chi connectivity index (χ2v) is 11.8. The minimum absolute atomic E-state index is 0.0673. The lowest BCUT2D eigenvalue weighted by Crippen LogP contribution is -2.61. The van der Waals surface area contributed by atoms with Crippen molar-refractivity contribution in [2.75, 3.05) is 6.61 Å². The molecule has 2 N–H and O–H groups in total. The minimum Gasteiger partial charge on any atom is -0.396 e. The molecular weight excluding hydrogens is 344 g/mol. The van der Waals surface area contributed by atoms with Crippen molar-refractivity contribution < 1.29 is 10.2 Å². The number of hydrogen-bond donors (Lipinski definition) is 2. The van der Waals surface area contributed by atoms with Gasteiger partial charge in [0.15, 0.2) is 0 Å². The van der Waals surface area contributed by atoms with Crippen LogP contribution >= 0.6 is 0 Å². The molecule has 0 heterocycles. The predicted octanol–water partition coefficient (Wildman–Crippen LogP) is 6.05. The van der Waals surface area contributed by atoms with Crippen molar-refractivity contribution in [2.45, 2.75) is 104 Å². The molecule has 0 aromatic carbocycles. The van der Waals surface area contributed by atoms with Crippen LogP contribution in [-0.2, 0) is 0 Å². The first-order chi connectivity index (χ1) is 13.4. The van der Waals surface area contributed by atoms with E-state index in [-0.39, 0.29) is 6.10 Å². The molecule has 4 aliphatic carbocycles. The lowest BCUT2D eigenvalue weighted by molar-refractivity contribution is -0.194. The monoisotopic (exact) mass is 390 g/mol. The number of rotatable bonds is 5. The molecule has 162 valence electrons. The Morgan fingerprint density at radius 1 is 0.929 bits per heavy atom. The van der Waals surface area contributed by atoms with Crippen molar-refractivity contribution in [2.24, 2.45) is 52.3 Å². The Kier molecular flexibility index (Phi) is 5.95. The maximum atomic E-state index is 11.7. The van der Waals surface area contributed by atoms with Gasteiger partial charge in [-0.3, -0.25) is 0 Å². The number of aliphatic hydroxyl groups is 2. The number of aliphatic hydroxyl groups excluding tert-OH is 2. The number of fused-ring (bicyclic) bond motifs is 5. The summed E-state index contributed by atoms with van der Waals surface area (Å²) in [6.07, 6.45) is 14.2. The van der Waals surface area contributed by atoms with Gasteiger partial charge in [-0.2, -0.15) is 0 Å². The van der Waals surface area contributed by atoms with Gasteiger partial charge in [0.05, 0.1) is 6.10 Å². The smallest absolute Gasteiger partial charge is 0.0605 e. The highest BCUT2D eigenvalue weighted by Gasteiger charge is 2.64. The maximum Gasteiger partial charge on any atom is 0.0605 e. The largest absolute Gasteiger partial charge is 0.396 e. The zero-order valence-electron chi connectivity index (χ0n) is 19.0. The molecule has 2 heteroatoms. The molecule has 4 aliphatic rings. The van der Waals surface area contributed by atoms with Crippen LogP contribution in [0.2, 0.25) is 0 Å². The van der Waals surface area contributed by atoms with E-state index >= 15 is 0 Å². The molecule has 0 spiro atoms. The first-order valence-electron chi connectivity index (χ1n) is 12.7. The fourth-order valence-electron chi connectivity index (χ4n) is 9.63. The first-order valence-corrected chi connectivity index (χ1v) is 12.7. The Bertz CT molecular complexity index is 547. The number of hydrogen-bond acceptors (Lipinski definition) is 2. The van der Waals surface area contributed by atoms with Gasteiger partial charge in [0.1, 0.15) is 0 Å². The van der Waals surface area contributed by atoms with Crippen LogP contribution < -0.4 is 0 Å². The second-order valence-electron chi connectivity index (χ2n) is 11.8. The van der Waals surface area contributed by atoms with Crippen molar-refractivity contribution in [1.29, 1.82) is 0 Å². The molecule has 2 nitrogen and oxygen atoms in total. The van der Waals surface area contributed by atoms with Gasteiger partial charge in [-0.1, -0.05) is 47.0 Å². The fraction of sp³-hybridized carbons (Fsp3) is 1.00. The summed E-state index contributed by atoms with van der Waals surface area (Å²) in [5, 5.41) is 21.0. The Morgan fingerprint density at radius 2 is 1.68 bits per heavy atom. The van der Waals surface area contributed by atoms with Crippen molar-refractivity contribution in [1.82, 2.24) is 0 Å². The molecule has 0 aliphatic heterocycles. The normalized spacial score (nSPS) is 51.9. The molecule has 28 heavy (non-hydrogen) atoms. The fourth-order valence-corrected chi connectivity index (χ4v) is 9.63. The molecule has 0 saturated heterocycles. The molecule has 4 rings (SSSR count). The van der Waals surface area contributed by atoms with Crippen LogP contribution in [0.1, 0.15) is 98.3 Å². The van der Waals surface area contributed by atoms with Gasteiger partial charge >= 0.3 is 0 Å². The van der Waals surface area contributed by atoms with Crippen LogP contribution in [-0.4, -0.2) is 22.9 Å². The van der Waals surface area contributed by atoms with Gasteiger partial charge in [0.2, 0.25) is 0 Å². The van der Waals surface area contributed by atoms with E-state index in [1.54, 1.807) is 0 Å². The summed E-state index contributed by atoms with van der Waals surface area (Å²) in [6.45, 7) is 10.3. The van der Waals surface area contributed by atoms with Gasteiger partial charge in [-0.15, -0.1) is 0 Å². The summed E-state index contributed by atoms with van der Waals surface area (Å²) in [5.74, 6) is 4.79. The van der Waals surface area contributed by atoms with E-state index in [2.05, 4.69) is 27.7 Å². The summed E-state index contributed by atoms with van der Waals surface area (Å²) < 4.78 is 0. The third kappa shape index (κ3) is 3.03. The molecule has 4 saturated carbocycles. The molecule has 0 radical (unpaired) electrons. The standard InChI is InChI=1S/C26H46O2/c1-5-18-20-10-6-7-14-25(20,3)22-13-15-26(4)19(17(2)9-8-16-27)11-12-21(26)23(22)24(18)28/h17-24,27-28H,5-16H2,1-4H3/t17-,18+,19-,20+,21?,22?,23?,24+,25+,26-/m1/s1. The predicted molar refractivity (Wildman–Crippen MR) is 116 cm³/mol. The van der Waals surface area contributed by atoms with Gasteiger partial charge in [-0.05, 0) is 104 Å². The van der Waals surface area contributed by atoms with Gasteiger partial charge in [0.25, 0.3) is 0 Å². The van der Waals surface area contributed by atoms with E-state index in [0.29, 0.717) is 35.2 Å². The molecule has 4 fully saturated rings. The maximum absolute atomic E-state index is 11.7. The van der Waals surface area contributed by atoms with Crippen molar-refractivity contribution in [3.8, 4) is 0 Å². The summed E-state index contributed by atoms with van der Waals surface area (Å²) in [6, 6.07) is 0. The van der Waals surface area contributed by atoms with E-state index in [0.717, 1.165) is 42.9 Å². The van der Waals surface area contributed by atoms with Crippen LogP contribution in [0.15, 0.2) is 0 Å². The second kappa shape index (κ2) is 7.88. The van der Waals surface area contributed by atoms with Gasteiger partial charge in [0, 0.05) is 6.61 Å². The van der Waals surface area contributed by atoms with Crippen molar-refractivity contribution in [3.63, 3.8) is 0 Å².